The number of amides is 1. The lowest BCUT2D eigenvalue weighted by molar-refractivity contribution is -0.126. The van der Waals surface area contributed by atoms with Gasteiger partial charge in [-0.15, -0.1) is 0 Å². The maximum Gasteiger partial charge on any atom is 0.223 e. The highest BCUT2D eigenvalue weighted by Crippen LogP contribution is 2.28. The lowest BCUT2D eigenvalue weighted by Crippen LogP contribution is -2.43. The Labute approximate surface area is 139 Å². The minimum atomic E-state index is 0.221. The van der Waals surface area contributed by atoms with Crippen LogP contribution < -0.4 is 15.5 Å². The van der Waals surface area contributed by atoms with Gasteiger partial charge in [0.2, 0.25) is 5.91 Å². The van der Waals surface area contributed by atoms with E-state index in [4.69, 9.17) is 0 Å². The normalized spacial score (nSPS) is 25.2. The van der Waals surface area contributed by atoms with Crippen molar-refractivity contribution < 1.29 is 4.79 Å². The molecule has 1 aliphatic heterocycles. The van der Waals surface area contributed by atoms with Crippen LogP contribution in [0.2, 0.25) is 0 Å². The SMILES string of the molecule is CC1CCCC(C(=O)NCc2ccc(N3CCNCC3)cc2)C1. The average molecular weight is 315 g/mol. The summed E-state index contributed by atoms with van der Waals surface area (Å²) in [5.41, 5.74) is 2.46. The van der Waals surface area contributed by atoms with Crippen molar-refractivity contribution in [2.75, 3.05) is 31.1 Å². The molecule has 4 heteroatoms. The van der Waals surface area contributed by atoms with E-state index in [1.165, 1.54) is 24.1 Å². The summed E-state index contributed by atoms with van der Waals surface area (Å²) in [7, 11) is 0. The first-order valence-corrected chi connectivity index (χ1v) is 9.04. The molecule has 23 heavy (non-hydrogen) atoms. The zero-order chi connectivity index (χ0) is 16.1. The van der Waals surface area contributed by atoms with E-state index < -0.39 is 0 Å². The summed E-state index contributed by atoms with van der Waals surface area (Å²) in [6.45, 7) is 7.14. The number of hydrogen-bond donors (Lipinski definition) is 2. The van der Waals surface area contributed by atoms with Crippen molar-refractivity contribution in [1.29, 1.82) is 0 Å². The summed E-state index contributed by atoms with van der Waals surface area (Å²) >= 11 is 0. The van der Waals surface area contributed by atoms with E-state index in [-0.39, 0.29) is 11.8 Å². The summed E-state index contributed by atoms with van der Waals surface area (Å²) in [6.07, 6.45) is 4.57. The van der Waals surface area contributed by atoms with Crippen LogP contribution in [0.25, 0.3) is 0 Å². The van der Waals surface area contributed by atoms with Gasteiger partial charge in [0.15, 0.2) is 0 Å². The van der Waals surface area contributed by atoms with Gasteiger partial charge in [-0.1, -0.05) is 31.9 Å². The molecule has 2 N–H and O–H groups in total. The van der Waals surface area contributed by atoms with Crippen LogP contribution in [0.5, 0.6) is 0 Å². The van der Waals surface area contributed by atoms with E-state index in [1.807, 2.05) is 0 Å². The molecule has 1 saturated heterocycles. The monoisotopic (exact) mass is 315 g/mol. The number of rotatable bonds is 4. The van der Waals surface area contributed by atoms with Crippen molar-refractivity contribution in [3.8, 4) is 0 Å². The van der Waals surface area contributed by atoms with Gasteiger partial charge in [0, 0.05) is 44.3 Å². The lowest BCUT2D eigenvalue weighted by Gasteiger charge is -2.29. The lowest BCUT2D eigenvalue weighted by atomic mass is 9.82. The average Bonchev–Trinajstić information content (AvgIpc) is 2.61. The zero-order valence-corrected chi connectivity index (χ0v) is 14.2. The van der Waals surface area contributed by atoms with E-state index in [0.717, 1.165) is 39.0 Å². The van der Waals surface area contributed by atoms with Gasteiger partial charge in [-0.3, -0.25) is 4.79 Å². The molecule has 1 aromatic rings. The molecule has 2 unspecified atom stereocenters. The first-order valence-electron chi connectivity index (χ1n) is 9.04. The van der Waals surface area contributed by atoms with Crippen LogP contribution in [0.1, 0.15) is 38.2 Å². The zero-order valence-electron chi connectivity index (χ0n) is 14.2. The molecule has 0 spiro atoms. The Hall–Kier alpha value is -1.55. The van der Waals surface area contributed by atoms with Crippen LogP contribution >= 0.6 is 0 Å². The molecule has 4 nitrogen and oxygen atoms in total. The third kappa shape index (κ3) is 4.47. The van der Waals surface area contributed by atoms with E-state index in [2.05, 4.69) is 46.7 Å². The molecule has 1 amide bonds. The minimum Gasteiger partial charge on any atom is -0.369 e. The molecule has 2 fully saturated rings. The number of carbonyl (C=O) groups excluding carboxylic acids is 1. The van der Waals surface area contributed by atoms with Gasteiger partial charge < -0.3 is 15.5 Å². The van der Waals surface area contributed by atoms with Gasteiger partial charge in [0.05, 0.1) is 0 Å². The standard InChI is InChI=1S/C19H29N3O/c1-15-3-2-4-17(13-15)19(23)21-14-16-5-7-18(8-6-16)22-11-9-20-10-12-22/h5-8,15,17,20H,2-4,9-14H2,1H3,(H,21,23). The number of carbonyl (C=O) groups is 1. The van der Waals surface area contributed by atoms with E-state index >= 15 is 0 Å². The van der Waals surface area contributed by atoms with Gasteiger partial charge in [-0.05, 0) is 36.5 Å². The Balaban J connectivity index is 1.49. The number of piperazine rings is 1. The molecular formula is C19H29N3O. The second-order valence-electron chi connectivity index (χ2n) is 7.09. The highest BCUT2D eigenvalue weighted by Gasteiger charge is 2.24. The summed E-state index contributed by atoms with van der Waals surface area (Å²) in [6, 6.07) is 8.63. The van der Waals surface area contributed by atoms with Crippen molar-refractivity contribution in [1.82, 2.24) is 10.6 Å². The van der Waals surface area contributed by atoms with Gasteiger partial charge in [0.1, 0.15) is 0 Å². The number of nitrogens with zero attached hydrogens (tertiary/aromatic N) is 1. The first-order chi connectivity index (χ1) is 11.2. The second kappa shape index (κ2) is 7.82. The van der Waals surface area contributed by atoms with Crippen molar-refractivity contribution in [3.05, 3.63) is 29.8 Å². The van der Waals surface area contributed by atoms with Crippen LogP contribution in [0.4, 0.5) is 5.69 Å². The van der Waals surface area contributed by atoms with E-state index in [9.17, 15) is 4.79 Å². The largest absolute Gasteiger partial charge is 0.369 e. The van der Waals surface area contributed by atoms with Crippen LogP contribution in [0.3, 0.4) is 0 Å². The number of nitrogens with one attached hydrogen (secondary N) is 2. The summed E-state index contributed by atoms with van der Waals surface area (Å²) in [5.74, 6) is 1.15. The van der Waals surface area contributed by atoms with Crippen molar-refractivity contribution in [2.45, 2.75) is 39.2 Å². The fourth-order valence-corrected chi connectivity index (χ4v) is 3.75. The van der Waals surface area contributed by atoms with Gasteiger partial charge in [-0.25, -0.2) is 0 Å². The molecule has 1 heterocycles. The Bertz CT molecular complexity index is 508. The second-order valence-corrected chi connectivity index (χ2v) is 7.09. The molecule has 0 aromatic heterocycles. The Morgan fingerprint density at radius 2 is 1.96 bits per heavy atom. The molecule has 2 atom stereocenters. The smallest absolute Gasteiger partial charge is 0.223 e. The number of benzene rings is 1. The number of hydrogen-bond acceptors (Lipinski definition) is 3. The molecule has 1 aromatic carbocycles. The third-order valence-corrected chi connectivity index (χ3v) is 5.19. The number of anilines is 1. The fourth-order valence-electron chi connectivity index (χ4n) is 3.75. The molecule has 3 rings (SSSR count). The maximum absolute atomic E-state index is 12.3. The molecular weight excluding hydrogens is 286 g/mol. The van der Waals surface area contributed by atoms with Crippen molar-refractivity contribution in [3.63, 3.8) is 0 Å². The fraction of sp³-hybridized carbons (Fsp3) is 0.632. The quantitative estimate of drug-likeness (QED) is 0.897. The van der Waals surface area contributed by atoms with Crippen molar-refractivity contribution >= 4 is 11.6 Å². The van der Waals surface area contributed by atoms with Gasteiger partial charge in [0.25, 0.3) is 0 Å². The van der Waals surface area contributed by atoms with Gasteiger partial charge in [-0.2, -0.15) is 0 Å². The molecule has 2 aliphatic rings. The van der Waals surface area contributed by atoms with Gasteiger partial charge >= 0.3 is 0 Å². The molecule has 126 valence electrons. The summed E-state index contributed by atoms with van der Waals surface area (Å²) < 4.78 is 0. The Morgan fingerprint density at radius 1 is 1.22 bits per heavy atom. The first kappa shape index (κ1) is 16.3. The minimum absolute atomic E-state index is 0.221. The highest BCUT2D eigenvalue weighted by molar-refractivity contribution is 5.78. The predicted molar refractivity (Wildman–Crippen MR) is 94.5 cm³/mol. The van der Waals surface area contributed by atoms with Crippen LogP contribution in [-0.4, -0.2) is 32.1 Å². The van der Waals surface area contributed by atoms with E-state index in [0.29, 0.717) is 12.5 Å². The molecule has 0 radical (unpaired) electrons. The Kier molecular flexibility index (Phi) is 5.55. The Morgan fingerprint density at radius 3 is 2.65 bits per heavy atom. The molecule has 0 bridgehead atoms. The molecule has 1 saturated carbocycles. The van der Waals surface area contributed by atoms with Crippen LogP contribution in [0, 0.1) is 11.8 Å². The maximum atomic E-state index is 12.3. The third-order valence-electron chi connectivity index (χ3n) is 5.19. The van der Waals surface area contributed by atoms with Crippen LogP contribution in [-0.2, 0) is 11.3 Å². The summed E-state index contributed by atoms with van der Waals surface area (Å²) in [4.78, 5) is 14.7. The molecule has 1 aliphatic carbocycles. The highest BCUT2D eigenvalue weighted by atomic mass is 16.1. The summed E-state index contributed by atoms with van der Waals surface area (Å²) in [5, 5.41) is 6.50. The topological polar surface area (TPSA) is 44.4 Å². The van der Waals surface area contributed by atoms with E-state index in [1.54, 1.807) is 0 Å². The predicted octanol–water partition coefficient (Wildman–Crippen LogP) is 2.54. The van der Waals surface area contributed by atoms with Crippen LogP contribution in [0.15, 0.2) is 24.3 Å². The van der Waals surface area contributed by atoms with Crippen molar-refractivity contribution in [2.24, 2.45) is 11.8 Å².